The summed E-state index contributed by atoms with van der Waals surface area (Å²) in [5.74, 6) is 0.292. The van der Waals surface area contributed by atoms with Gasteiger partial charge in [0.25, 0.3) is 0 Å². The second-order valence-electron chi connectivity index (χ2n) is 8.69. The minimum absolute atomic E-state index is 0.183. The first-order valence-corrected chi connectivity index (χ1v) is 11.7. The molecule has 1 saturated carbocycles. The van der Waals surface area contributed by atoms with Crippen molar-refractivity contribution in [2.45, 2.75) is 50.1 Å². The monoisotopic (exact) mass is 507 g/mol. The molecule has 4 unspecified atom stereocenters. The zero-order valence-electron chi connectivity index (χ0n) is 18.0. The molecule has 1 aliphatic heterocycles. The molecule has 1 aliphatic carbocycles. The van der Waals surface area contributed by atoms with Gasteiger partial charge in [-0.25, -0.2) is 19.3 Å². The molecule has 0 bridgehead atoms. The lowest BCUT2D eigenvalue weighted by atomic mass is 10.1. The molecule has 180 valence electrons. The predicted octanol–water partition coefficient (Wildman–Crippen LogP) is 3.52. The van der Waals surface area contributed by atoms with Crippen molar-refractivity contribution in [3.63, 3.8) is 0 Å². The molecular formula is C23H24Cl2FN5O3. The van der Waals surface area contributed by atoms with Crippen LogP contribution >= 0.6 is 23.2 Å². The third kappa shape index (κ3) is 4.39. The number of aliphatic hydroxyl groups is 3. The van der Waals surface area contributed by atoms with Gasteiger partial charge in [-0.15, -0.1) is 0 Å². The molecule has 2 aromatic heterocycles. The van der Waals surface area contributed by atoms with E-state index in [1.807, 2.05) is 18.2 Å². The van der Waals surface area contributed by atoms with Crippen LogP contribution in [-0.4, -0.2) is 59.7 Å². The summed E-state index contributed by atoms with van der Waals surface area (Å²) >= 11 is 12.5. The van der Waals surface area contributed by atoms with E-state index in [2.05, 4.69) is 15.3 Å². The Morgan fingerprint density at radius 1 is 1.21 bits per heavy atom. The van der Waals surface area contributed by atoms with Crippen LogP contribution in [0.25, 0.3) is 11.3 Å². The van der Waals surface area contributed by atoms with Crippen molar-refractivity contribution in [3.05, 3.63) is 64.0 Å². The highest BCUT2D eigenvalue weighted by Gasteiger charge is 2.35. The standard InChI is InChI=1S/C23H24Cl2FN5O3/c24-14-3-1-2-12(4-14)19(11-32)31-10-16-5-13(9-30(16)23(31)34)21-17(25)8-27-22(29-21)28-15-6-18(26)20(33)7-15/h1-5,8-9,15,18-20,23,32-34H,6-7,10-11H2,(H,27,28,29)/t15?,18?,19-,20?,23?/m1/s1. The lowest BCUT2D eigenvalue weighted by Crippen LogP contribution is -2.31. The molecule has 5 rings (SSSR count). The maximum Gasteiger partial charge on any atom is 0.223 e. The van der Waals surface area contributed by atoms with Crippen LogP contribution in [-0.2, 0) is 6.54 Å². The first kappa shape index (κ1) is 23.5. The van der Waals surface area contributed by atoms with Crippen molar-refractivity contribution in [1.82, 2.24) is 19.4 Å². The molecule has 0 saturated heterocycles. The second kappa shape index (κ2) is 9.41. The average molecular weight is 508 g/mol. The summed E-state index contributed by atoms with van der Waals surface area (Å²) < 4.78 is 15.3. The Balaban J connectivity index is 1.37. The predicted molar refractivity (Wildman–Crippen MR) is 126 cm³/mol. The molecule has 34 heavy (non-hydrogen) atoms. The zero-order valence-corrected chi connectivity index (χ0v) is 19.5. The summed E-state index contributed by atoms with van der Waals surface area (Å²) in [5.41, 5.74) is 2.81. The van der Waals surface area contributed by atoms with Gasteiger partial charge in [0.05, 0.1) is 35.7 Å². The van der Waals surface area contributed by atoms with Crippen LogP contribution in [0, 0.1) is 0 Å². The van der Waals surface area contributed by atoms with Crippen molar-refractivity contribution < 1.29 is 19.7 Å². The van der Waals surface area contributed by atoms with Crippen LogP contribution in [0.5, 0.6) is 0 Å². The molecule has 1 fully saturated rings. The summed E-state index contributed by atoms with van der Waals surface area (Å²) in [6, 6.07) is 8.38. The average Bonchev–Trinajstić information content (AvgIpc) is 3.45. The quantitative estimate of drug-likeness (QED) is 0.404. The second-order valence-corrected chi connectivity index (χ2v) is 9.53. The summed E-state index contributed by atoms with van der Waals surface area (Å²) in [6.45, 7) is 0.210. The normalized spacial score (nSPS) is 25.5. The number of fused-ring (bicyclic) bond motifs is 1. The molecule has 0 amide bonds. The van der Waals surface area contributed by atoms with E-state index in [0.29, 0.717) is 33.8 Å². The van der Waals surface area contributed by atoms with E-state index < -0.39 is 24.7 Å². The molecule has 3 heterocycles. The Morgan fingerprint density at radius 3 is 2.71 bits per heavy atom. The van der Waals surface area contributed by atoms with Gasteiger partial charge in [0.1, 0.15) is 6.17 Å². The number of anilines is 1. The molecule has 8 nitrogen and oxygen atoms in total. The third-order valence-electron chi connectivity index (χ3n) is 6.43. The fourth-order valence-corrected chi connectivity index (χ4v) is 5.11. The number of aliphatic hydroxyl groups excluding tert-OH is 3. The van der Waals surface area contributed by atoms with E-state index in [1.54, 1.807) is 27.8 Å². The molecule has 2 aliphatic rings. The minimum Gasteiger partial charge on any atom is -0.394 e. The van der Waals surface area contributed by atoms with E-state index in [9.17, 15) is 19.7 Å². The lowest BCUT2D eigenvalue weighted by molar-refractivity contribution is -0.0708. The largest absolute Gasteiger partial charge is 0.394 e. The number of nitrogens with zero attached hydrogens (tertiary/aromatic N) is 4. The first-order valence-electron chi connectivity index (χ1n) is 11.0. The molecule has 11 heteroatoms. The van der Waals surface area contributed by atoms with Crippen LogP contribution in [0.4, 0.5) is 10.3 Å². The Kier molecular flexibility index (Phi) is 6.49. The summed E-state index contributed by atoms with van der Waals surface area (Å²) in [6.07, 6.45) is 0.432. The molecule has 0 spiro atoms. The van der Waals surface area contributed by atoms with Crippen LogP contribution in [0.3, 0.4) is 0 Å². The van der Waals surface area contributed by atoms with Crippen LogP contribution in [0.1, 0.15) is 36.5 Å². The van der Waals surface area contributed by atoms with E-state index in [-0.39, 0.29) is 25.5 Å². The zero-order chi connectivity index (χ0) is 24.0. The van der Waals surface area contributed by atoms with Gasteiger partial charge in [0.2, 0.25) is 5.95 Å². The van der Waals surface area contributed by atoms with E-state index >= 15 is 0 Å². The van der Waals surface area contributed by atoms with Gasteiger partial charge < -0.3 is 25.2 Å². The SMILES string of the molecule is OC[C@H](c1cccc(Cl)c1)N1Cc2cc(-c3nc(NC4CC(O)C(F)C4)ncc3Cl)cn2C1O. The third-order valence-corrected chi connectivity index (χ3v) is 6.94. The van der Waals surface area contributed by atoms with Crippen molar-refractivity contribution in [1.29, 1.82) is 0 Å². The topological polar surface area (TPSA) is 107 Å². The van der Waals surface area contributed by atoms with Crippen molar-refractivity contribution >= 4 is 29.2 Å². The number of alkyl halides is 1. The minimum atomic E-state index is -1.27. The highest BCUT2D eigenvalue weighted by molar-refractivity contribution is 6.33. The number of rotatable bonds is 6. The van der Waals surface area contributed by atoms with Gasteiger partial charge in [0, 0.05) is 41.5 Å². The maximum atomic E-state index is 13.6. The Hall–Kier alpha value is -2.27. The summed E-state index contributed by atoms with van der Waals surface area (Å²) in [7, 11) is 0. The van der Waals surface area contributed by atoms with E-state index in [4.69, 9.17) is 23.2 Å². The number of halogens is 3. The van der Waals surface area contributed by atoms with Gasteiger partial charge in [0.15, 0.2) is 6.35 Å². The smallest absolute Gasteiger partial charge is 0.223 e. The van der Waals surface area contributed by atoms with Gasteiger partial charge in [-0.3, -0.25) is 0 Å². The highest BCUT2D eigenvalue weighted by Crippen LogP contribution is 2.38. The molecular weight excluding hydrogens is 484 g/mol. The summed E-state index contributed by atoms with van der Waals surface area (Å²) in [5, 5.41) is 34.6. The fourth-order valence-electron chi connectivity index (χ4n) is 4.71. The number of hydrogen-bond donors (Lipinski definition) is 4. The molecule has 3 aromatic rings. The number of benzene rings is 1. The van der Waals surface area contributed by atoms with Gasteiger partial charge in [-0.2, -0.15) is 0 Å². The van der Waals surface area contributed by atoms with Gasteiger partial charge in [-0.1, -0.05) is 35.3 Å². The maximum absolute atomic E-state index is 13.6. The van der Waals surface area contributed by atoms with E-state index in [1.165, 1.54) is 6.20 Å². The van der Waals surface area contributed by atoms with Crippen LogP contribution < -0.4 is 5.32 Å². The van der Waals surface area contributed by atoms with Gasteiger partial charge >= 0.3 is 0 Å². The summed E-state index contributed by atoms with van der Waals surface area (Å²) in [4.78, 5) is 10.5. The number of nitrogens with one attached hydrogen (secondary N) is 1. The number of aromatic nitrogens is 3. The van der Waals surface area contributed by atoms with E-state index in [0.717, 1.165) is 11.3 Å². The van der Waals surface area contributed by atoms with Crippen molar-refractivity contribution in [2.75, 3.05) is 11.9 Å². The molecule has 5 atom stereocenters. The Labute approximate surface area is 205 Å². The van der Waals surface area contributed by atoms with Gasteiger partial charge in [-0.05, 0) is 30.2 Å². The Bertz CT molecular complexity index is 1190. The van der Waals surface area contributed by atoms with Crippen molar-refractivity contribution in [2.24, 2.45) is 0 Å². The lowest BCUT2D eigenvalue weighted by Gasteiger charge is -2.29. The van der Waals surface area contributed by atoms with Crippen LogP contribution in [0.2, 0.25) is 10.0 Å². The molecule has 1 aromatic carbocycles. The van der Waals surface area contributed by atoms with Crippen LogP contribution in [0.15, 0.2) is 42.7 Å². The number of hydrogen-bond acceptors (Lipinski definition) is 7. The fraction of sp³-hybridized carbons (Fsp3) is 0.391. The highest BCUT2D eigenvalue weighted by atomic mass is 35.5. The first-order chi connectivity index (χ1) is 16.3. The van der Waals surface area contributed by atoms with Crippen molar-refractivity contribution in [3.8, 4) is 11.3 Å². The Morgan fingerprint density at radius 2 is 2.03 bits per heavy atom. The molecule has 0 radical (unpaired) electrons. The molecule has 4 N–H and O–H groups in total.